The molecule has 3 aromatic heterocycles. The Morgan fingerprint density at radius 1 is 1.19 bits per heavy atom. The monoisotopic (exact) mass is 461 g/mol. The molecule has 0 unspecified atom stereocenters. The summed E-state index contributed by atoms with van der Waals surface area (Å²) in [4.78, 5) is 24.0. The number of hydrogen-bond donors (Lipinski definition) is 1. The second-order valence-electron chi connectivity index (χ2n) is 7.05. The Morgan fingerprint density at radius 3 is 2.68 bits per heavy atom. The second-order valence-corrected chi connectivity index (χ2v) is 10.3. The van der Waals surface area contributed by atoms with Gasteiger partial charge in [-0.15, -0.1) is 11.3 Å². The molecular weight excluding hydrogens is 438 g/mol. The van der Waals surface area contributed by atoms with Gasteiger partial charge < -0.3 is 14.6 Å². The van der Waals surface area contributed by atoms with Crippen LogP contribution >= 0.6 is 11.3 Å². The number of carbonyl (C=O) groups is 1. The van der Waals surface area contributed by atoms with Crippen molar-refractivity contribution in [1.82, 2.24) is 19.6 Å². The van der Waals surface area contributed by atoms with E-state index in [1.54, 1.807) is 31.5 Å². The van der Waals surface area contributed by atoms with Crippen molar-refractivity contribution in [2.45, 2.75) is 6.92 Å². The van der Waals surface area contributed by atoms with Gasteiger partial charge in [0, 0.05) is 43.8 Å². The van der Waals surface area contributed by atoms with Gasteiger partial charge in [-0.3, -0.25) is 4.79 Å². The van der Waals surface area contributed by atoms with Crippen LogP contribution in [0.4, 0.5) is 5.82 Å². The maximum Gasteiger partial charge on any atom is 0.271 e. The van der Waals surface area contributed by atoms with E-state index < -0.39 is 10.0 Å². The molecule has 0 bridgehead atoms. The molecule has 4 heterocycles. The van der Waals surface area contributed by atoms with E-state index in [-0.39, 0.29) is 23.9 Å². The number of nitrogens with one attached hydrogen (secondary N) is 1. The predicted molar refractivity (Wildman–Crippen MR) is 119 cm³/mol. The first-order valence-corrected chi connectivity index (χ1v) is 12.3. The highest BCUT2D eigenvalue weighted by Crippen LogP contribution is 2.27. The molecule has 1 fully saturated rings. The molecule has 1 saturated heterocycles. The summed E-state index contributed by atoms with van der Waals surface area (Å²) in [6, 6.07) is 9.21. The van der Waals surface area contributed by atoms with Crippen LogP contribution in [0.3, 0.4) is 0 Å². The minimum absolute atomic E-state index is 0.0225. The number of nitrogens with zero attached hydrogens (tertiary/aromatic N) is 4. The number of rotatable bonds is 7. The van der Waals surface area contributed by atoms with Gasteiger partial charge in [0.1, 0.15) is 11.5 Å². The summed E-state index contributed by atoms with van der Waals surface area (Å²) >= 11 is 1.36. The van der Waals surface area contributed by atoms with Crippen molar-refractivity contribution in [3.63, 3.8) is 0 Å². The molecule has 1 aliphatic heterocycles. The van der Waals surface area contributed by atoms with Crippen LogP contribution in [0, 0.1) is 6.92 Å². The van der Waals surface area contributed by atoms with Crippen molar-refractivity contribution in [2.75, 3.05) is 43.4 Å². The van der Waals surface area contributed by atoms with Crippen molar-refractivity contribution in [3.05, 3.63) is 53.4 Å². The first kappa shape index (κ1) is 21.5. The van der Waals surface area contributed by atoms with Gasteiger partial charge in [-0.2, -0.15) is 4.31 Å². The maximum atomic E-state index is 12.7. The van der Waals surface area contributed by atoms with Crippen LogP contribution in [-0.2, 0) is 10.0 Å². The van der Waals surface area contributed by atoms with Gasteiger partial charge in [0.15, 0.2) is 10.8 Å². The number of pyridine rings is 1. The number of aromatic nitrogens is 2. The van der Waals surface area contributed by atoms with Crippen LogP contribution in [-0.4, -0.2) is 67.1 Å². The molecule has 31 heavy (non-hydrogen) atoms. The summed E-state index contributed by atoms with van der Waals surface area (Å²) in [7, 11) is -3.47. The summed E-state index contributed by atoms with van der Waals surface area (Å²) in [6.45, 7) is 3.77. The molecule has 1 aliphatic rings. The van der Waals surface area contributed by atoms with E-state index in [2.05, 4.69) is 20.2 Å². The van der Waals surface area contributed by atoms with Crippen LogP contribution in [0.25, 0.3) is 10.8 Å². The number of carbonyl (C=O) groups excluding carboxylic acids is 1. The van der Waals surface area contributed by atoms with E-state index in [0.29, 0.717) is 36.9 Å². The standard InChI is InChI=1S/C20H23N5O4S2/c1-15-18(23-20(30-15)16-5-4-13-29-16)19(26)22-8-14-31(27,28)25-11-9-24(10-12-25)17-6-2-3-7-21-17/h2-7,13H,8-12,14H2,1H3,(H,22,26). The van der Waals surface area contributed by atoms with Crippen molar-refractivity contribution in [2.24, 2.45) is 0 Å². The quantitative estimate of drug-likeness (QED) is 0.573. The van der Waals surface area contributed by atoms with Crippen LogP contribution in [0.1, 0.15) is 15.4 Å². The normalized spacial score (nSPS) is 15.2. The fourth-order valence-electron chi connectivity index (χ4n) is 3.36. The van der Waals surface area contributed by atoms with Gasteiger partial charge in [-0.25, -0.2) is 18.4 Å². The first-order valence-electron chi connectivity index (χ1n) is 9.87. The van der Waals surface area contributed by atoms with Gasteiger partial charge in [0.25, 0.3) is 5.91 Å². The zero-order chi connectivity index (χ0) is 21.8. The average Bonchev–Trinajstić information content (AvgIpc) is 3.44. The van der Waals surface area contributed by atoms with Crippen molar-refractivity contribution in [3.8, 4) is 10.8 Å². The minimum Gasteiger partial charge on any atom is -0.462 e. The number of piperazine rings is 1. The third-order valence-corrected chi connectivity index (χ3v) is 7.85. The average molecular weight is 462 g/mol. The highest BCUT2D eigenvalue weighted by Gasteiger charge is 2.27. The number of thiazole rings is 1. The fourth-order valence-corrected chi connectivity index (χ4v) is 5.57. The Balaban J connectivity index is 1.29. The maximum absolute atomic E-state index is 12.7. The Labute approximate surface area is 184 Å². The van der Waals surface area contributed by atoms with Crippen molar-refractivity contribution in [1.29, 1.82) is 0 Å². The number of anilines is 1. The molecule has 0 saturated carbocycles. The van der Waals surface area contributed by atoms with Crippen LogP contribution < -0.4 is 10.2 Å². The molecular formula is C20H23N5O4S2. The third kappa shape index (κ3) is 4.94. The van der Waals surface area contributed by atoms with E-state index in [4.69, 9.17) is 4.42 Å². The molecule has 9 nitrogen and oxygen atoms in total. The van der Waals surface area contributed by atoms with Crippen molar-refractivity contribution < 1.29 is 17.6 Å². The van der Waals surface area contributed by atoms with Gasteiger partial charge in [-0.1, -0.05) is 6.07 Å². The Kier molecular flexibility index (Phi) is 6.35. The Morgan fingerprint density at radius 2 is 2.00 bits per heavy atom. The first-order chi connectivity index (χ1) is 14.9. The lowest BCUT2D eigenvalue weighted by Crippen LogP contribution is -2.50. The minimum atomic E-state index is -3.47. The highest BCUT2D eigenvalue weighted by atomic mass is 32.2. The van der Waals surface area contributed by atoms with Crippen molar-refractivity contribution >= 4 is 33.1 Å². The lowest BCUT2D eigenvalue weighted by molar-refractivity contribution is 0.0951. The molecule has 11 heteroatoms. The van der Waals surface area contributed by atoms with Crippen LogP contribution in [0.15, 0.2) is 47.2 Å². The lowest BCUT2D eigenvalue weighted by atomic mass is 10.3. The molecule has 3 aromatic rings. The topological polar surface area (TPSA) is 109 Å². The lowest BCUT2D eigenvalue weighted by Gasteiger charge is -2.34. The third-order valence-electron chi connectivity index (χ3n) is 4.99. The molecule has 0 atom stereocenters. The SMILES string of the molecule is Cc1sc(-c2ccco2)nc1C(=O)NCCS(=O)(=O)N1CCN(c2ccccn2)CC1. The number of furan rings is 1. The number of amides is 1. The number of aryl methyl sites for hydroxylation is 1. The summed E-state index contributed by atoms with van der Waals surface area (Å²) in [5.74, 6) is 0.900. The fraction of sp³-hybridized carbons (Fsp3) is 0.350. The molecule has 1 N–H and O–H groups in total. The Bertz CT molecular complexity index is 1120. The zero-order valence-corrected chi connectivity index (χ0v) is 18.7. The molecule has 1 amide bonds. The summed E-state index contributed by atoms with van der Waals surface area (Å²) in [5, 5.41) is 3.29. The smallest absolute Gasteiger partial charge is 0.271 e. The van der Waals surface area contributed by atoms with E-state index >= 15 is 0 Å². The largest absolute Gasteiger partial charge is 0.462 e. The van der Waals surface area contributed by atoms with E-state index in [1.807, 2.05) is 18.2 Å². The highest BCUT2D eigenvalue weighted by molar-refractivity contribution is 7.89. The second kappa shape index (κ2) is 9.16. The molecule has 0 spiro atoms. The summed E-state index contributed by atoms with van der Waals surface area (Å²) < 4.78 is 32.2. The Hall–Kier alpha value is -2.76. The molecule has 0 aliphatic carbocycles. The van der Waals surface area contributed by atoms with E-state index in [0.717, 1.165) is 10.7 Å². The van der Waals surface area contributed by atoms with Gasteiger partial charge in [0.05, 0.1) is 12.0 Å². The zero-order valence-electron chi connectivity index (χ0n) is 17.0. The number of hydrogen-bond acceptors (Lipinski definition) is 8. The summed E-state index contributed by atoms with van der Waals surface area (Å²) in [5.41, 5.74) is 0.290. The predicted octanol–water partition coefficient (Wildman–Crippen LogP) is 1.99. The molecule has 164 valence electrons. The summed E-state index contributed by atoms with van der Waals surface area (Å²) in [6.07, 6.45) is 3.27. The number of sulfonamides is 1. The van der Waals surface area contributed by atoms with E-state index in [1.165, 1.54) is 15.6 Å². The van der Waals surface area contributed by atoms with E-state index in [9.17, 15) is 13.2 Å². The van der Waals surface area contributed by atoms with Gasteiger partial charge >= 0.3 is 0 Å². The van der Waals surface area contributed by atoms with Crippen LogP contribution in [0.5, 0.6) is 0 Å². The van der Waals surface area contributed by atoms with Crippen LogP contribution in [0.2, 0.25) is 0 Å². The molecule has 0 radical (unpaired) electrons. The van der Waals surface area contributed by atoms with Gasteiger partial charge in [-0.05, 0) is 31.2 Å². The van der Waals surface area contributed by atoms with Gasteiger partial charge in [0.2, 0.25) is 10.0 Å². The molecule has 4 rings (SSSR count). The molecule has 0 aromatic carbocycles.